The Morgan fingerprint density at radius 3 is 2.71 bits per heavy atom. The molecule has 0 N–H and O–H groups in total. The van der Waals surface area contributed by atoms with Gasteiger partial charge in [0, 0.05) is 26.2 Å². The summed E-state index contributed by atoms with van der Waals surface area (Å²) >= 11 is 0. The lowest BCUT2D eigenvalue weighted by atomic mass is 9.76. The molecule has 1 aliphatic carbocycles. The van der Waals surface area contributed by atoms with Gasteiger partial charge in [-0.15, -0.1) is 0 Å². The van der Waals surface area contributed by atoms with E-state index in [4.69, 9.17) is 0 Å². The Hall–Kier alpha value is -0.860. The van der Waals surface area contributed by atoms with Gasteiger partial charge in [-0.3, -0.25) is 4.90 Å². The van der Waals surface area contributed by atoms with Gasteiger partial charge in [0.25, 0.3) is 0 Å². The molecule has 1 aromatic rings. The molecule has 0 saturated carbocycles. The first-order chi connectivity index (χ1) is 10.0. The average Bonchev–Trinajstić information content (AvgIpc) is 2.45. The molecule has 0 bridgehead atoms. The van der Waals surface area contributed by atoms with Crippen LogP contribution >= 0.6 is 0 Å². The SMILES string of the molecule is CC(C)c1cc2c3c(c1)CN(CCN(C)C)CC3CCC2. The van der Waals surface area contributed by atoms with E-state index in [1.165, 1.54) is 38.9 Å². The highest BCUT2D eigenvalue weighted by atomic mass is 15.2. The standard InChI is InChI=1S/C19H30N2/c1-14(2)17-10-15-6-5-7-16-12-21(9-8-20(3)4)13-18(11-17)19(15)16/h10-11,14,16H,5-9,12-13H2,1-4H3. The van der Waals surface area contributed by atoms with Crippen molar-refractivity contribution in [3.63, 3.8) is 0 Å². The highest BCUT2D eigenvalue weighted by Crippen LogP contribution is 2.40. The second kappa shape index (κ2) is 6.10. The van der Waals surface area contributed by atoms with Crippen molar-refractivity contribution in [3.05, 3.63) is 34.4 Å². The topological polar surface area (TPSA) is 6.48 Å². The van der Waals surface area contributed by atoms with Gasteiger partial charge in [-0.05, 0) is 67.4 Å². The predicted molar refractivity (Wildman–Crippen MR) is 90.0 cm³/mol. The minimum atomic E-state index is 0.643. The van der Waals surface area contributed by atoms with Crippen molar-refractivity contribution >= 4 is 0 Å². The van der Waals surface area contributed by atoms with E-state index in [9.17, 15) is 0 Å². The molecular weight excluding hydrogens is 256 g/mol. The first-order valence-corrected chi connectivity index (χ1v) is 8.57. The first-order valence-electron chi connectivity index (χ1n) is 8.57. The van der Waals surface area contributed by atoms with Gasteiger partial charge in [0.05, 0.1) is 0 Å². The minimum Gasteiger partial charge on any atom is -0.308 e. The van der Waals surface area contributed by atoms with Gasteiger partial charge in [0.2, 0.25) is 0 Å². The van der Waals surface area contributed by atoms with Gasteiger partial charge in [-0.2, -0.15) is 0 Å². The molecule has 2 aliphatic rings. The van der Waals surface area contributed by atoms with Gasteiger partial charge in [-0.1, -0.05) is 26.0 Å². The van der Waals surface area contributed by atoms with Crippen LogP contribution in [0.2, 0.25) is 0 Å². The van der Waals surface area contributed by atoms with Gasteiger partial charge in [0.15, 0.2) is 0 Å². The number of likely N-dealkylation sites (N-methyl/N-ethyl adjacent to an activating group) is 1. The largest absolute Gasteiger partial charge is 0.308 e. The molecule has 2 heteroatoms. The van der Waals surface area contributed by atoms with Crippen molar-refractivity contribution in [1.82, 2.24) is 9.80 Å². The number of benzene rings is 1. The number of hydrogen-bond acceptors (Lipinski definition) is 2. The van der Waals surface area contributed by atoms with Crippen LogP contribution < -0.4 is 0 Å². The second-order valence-electron chi connectivity index (χ2n) is 7.54. The molecule has 3 rings (SSSR count). The van der Waals surface area contributed by atoms with E-state index in [2.05, 4.69) is 49.9 Å². The van der Waals surface area contributed by atoms with Crippen molar-refractivity contribution in [2.75, 3.05) is 33.7 Å². The molecule has 1 atom stereocenters. The summed E-state index contributed by atoms with van der Waals surface area (Å²) in [6.45, 7) is 9.44. The Bertz CT molecular complexity index is 505. The molecule has 2 nitrogen and oxygen atoms in total. The maximum absolute atomic E-state index is 2.67. The van der Waals surface area contributed by atoms with E-state index in [1.807, 2.05) is 0 Å². The molecular formula is C19H30N2. The van der Waals surface area contributed by atoms with E-state index in [0.717, 1.165) is 12.5 Å². The van der Waals surface area contributed by atoms with Crippen molar-refractivity contribution in [2.24, 2.45) is 0 Å². The molecule has 1 heterocycles. The maximum atomic E-state index is 2.67. The summed E-state index contributed by atoms with van der Waals surface area (Å²) in [5.74, 6) is 1.44. The van der Waals surface area contributed by atoms with Crippen LogP contribution in [0.5, 0.6) is 0 Å². The molecule has 0 fully saturated rings. The van der Waals surface area contributed by atoms with Crippen LogP contribution in [0.4, 0.5) is 0 Å². The Morgan fingerprint density at radius 2 is 2.00 bits per heavy atom. The summed E-state index contributed by atoms with van der Waals surface area (Å²) in [5.41, 5.74) is 6.57. The van der Waals surface area contributed by atoms with E-state index < -0.39 is 0 Å². The third-order valence-corrected chi connectivity index (χ3v) is 5.18. The molecule has 0 spiro atoms. The summed E-state index contributed by atoms with van der Waals surface area (Å²) in [7, 11) is 4.35. The van der Waals surface area contributed by atoms with Crippen LogP contribution in [-0.2, 0) is 13.0 Å². The maximum Gasteiger partial charge on any atom is 0.0237 e. The molecule has 1 aromatic carbocycles. The number of nitrogens with zero attached hydrogens (tertiary/aromatic N) is 2. The van der Waals surface area contributed by atoms with Crippen LogP contribution in [0.25, 0.3) is 0 Å². The van der Waals surface area contributed by atoms with Crippen LogP contribution in [0.15, 0.2) is 12.1 Å². The Morgan fingerprint density at radius 1 is 1.24 bits per heavy atom. The lowest BCUT2D eigenvalue weighted by Crippen LogP contribution is -2.39. The van der Waals surface area contributed by atoms with Crippen molar-refractivity contribution in [3.8, 4) is 0 Å². The molecule has 0 amide bonds. The van der Waals surface area contributed by atoms with Crippen LogP contribution in [0.3, 0.4) is 0 Å². The van der Waals surface area contributed by atoms with Crippen molar-refractivity contribution < 1.29 is 0 Å². The summed E-state index contributed by atoms with van der Waals surface area (Å²) in [5, 5.41) is 0. The molecule has 116 valence electrons. The van der Waals surface area contributed by atoms with E-state index in [1.54, 1.807) is 22.3 Å². The van der Waals surface area contributed by atoms with Gasteiger partial charge < -0.3 is 4.90 Å². The van der Waals surface area contributed by atoms with Gasteiger partial charge in [0.1, 0.15) is 0 Å². The normalized spacial score (nSPS) is 21.9. The summed E-state index contributed by atoms with van der Waals surface area (Å²) in [6, 6.07) is 5.01. The summed E-state index contributed by atoms with van der Waals surface area (Å²) in [4.78, 5) is 4.97. The second-order valence-corrected chi connectivity index (χ2v) is 7.54. The van der Waals surface area contributed by atoms with Crippen LogP contribution in [0.1, 0.15) is 60.8 Å². The fourth-order valence-corrected chi connectivity index (χ4v) is 4.00. The Balaban J connectivity index is 1.88. The predicted octanol–water partition coefficient (Wildman–Crippen LogP) is 3.61. The fourth-order valence-electron chi connectivity index (χ4n) is 4.00. The van der Waals surface area contributed by atoms with Gasteiger partial charge >= 0.3 is 0 Å². The lowest BCUT2D eigenvalue weighted by molar-refractivity contribution is 0.199. The summed E-state index contributed by atoms with van der Waals surface area (Å²) in [6.07, 6.45) is 4.07. The van der Waals surface area contributed by atoms with Crippen LogP contribution in [-0.4, -0.2) is 43.5 Å². The molecule has 21 heavy (non-hydrogen) atoms. The molecule has 0 saturated heterocycles. The van der Waals surface area contributed by atoms with E-state index in [-0.39, 0.29) is 0 Å². The van der Waals surface area contributed by atoms with Crippen molar-refractivity contribution in [2.45, 2.75) is 51.5 Å². The number of rotatable bonds is 4. The third-order valence-electron chi connectivity index (χ3n) is 5.18. The minimum absolute atomic E-state index is 0.643. The zero-order chi connectivity index (χ0) is 15.0. The smallest absolute Gasteiger partial charge is 0.0237 e. The third kappa shape index (κ3) is 3.17. The Labute approximate surface area is 130 Å². The number of hydrogen-bond donors (Lipinski definition) is 0. The van der Waals surface area contributed by atoms with Gasteiger partial charge in [-0.25, -0.2) is 0 Å². The average molecular weight is 286 g/mol. The van der Waals surface area contributed by atoms with E-state index in [0.29, 0.717) is 5.92 Å². The quantitative estimate of drug-likeness (QED) is 0.834. The monoisotopic (exact) mass is 286 g/mol. The van der Waals surface area contributed by atoms with E-state index >= 15 is 0 Å². The highest BCUT2D eigenvalue weighted by Gasteiger charge is 2.30. The lowest BCUT2D eigenvalue weighted by Gasteiger charge is -2.39. The molecule has 1 aliphatic heterocycles. The Kier molecular flexibility index (Phi) is 4.37. The molecule has 0 radical (unpaired) electrons. The highest BCUT2D eigenvalue weighted by molar-refractivity contribution is 5.45. The fraction of sp³-hybridized carbons (Fsp3) is 0.684. The number of aryl methyl sites for hydroxylation is 1. The van der Waals surface area contributed by atoms with Crippen molar-refractivity contribution in [1.29, 1.82) is 0 Å². The molecule has 0 aromatic heterocycles. The van der Waals surface area contributed by atoms with Crippen LogP contribution in [0, 0.1) is 0 Å². The molecule has 1 unspecified atom stereocenters. The summed E-state index contributed by atoms with van der Waals surface area (Å²) < 4.78 is 0. The first kappa shape index (κ1) is 15.1. The zero-order valence-corrected chi connectivity index (χ0v) is 14.2. The zero-order valence-electron chi connectivity index (χ0n) is 14.2.